The molecule has 0 atom stereocenters. The van der Waals surface area contributed by atoms with Gasteiger partial charge in [-0.15, -0.1) is 0 Å². The van der Waals surface area contributed by atoms with E-state index in [9.17, 15) is 8.42 Å². The van der Waals surface area contributed by atoms with Crippen molar-refractivity contribution in [2.24, 2.45) is 5.41 Å². The molecule has 1 spiro atoms. The molecule has 25 heavy (non-hydrogen) atoms. The Morgan fingerprint density at radius 1 is 0.960 bits per heavy atom. The normalized spacial score (nSPS) is 18.8. The average molecular weight is 438 g/mol. The largest absolute Gasteiger partial charge is 0.224 e. The molecule has 0 aromatic heterocycles. The second kappa shape index (κ2) is 5.97. The molecule has 130 valence electrons. The van der Waals surface area contributed by atoms with E-state index in [0.29, 0.717) is 15.3 Å². The highest BCUT2D eigenvalue weighted by molar-refractivity contribution is 9.10. The summed E-state index contributed by atoms with van der Waals surface area (Å²) in [6.45, 7) is 0. The van der Waals surface area contributed by atoms with Gasteiger partial charge in [-0.1, -0.05) is 29.8 Å². The molecule has 0 unspecified atom stereocenters. The van der Waals surface area contributed by atoms with Crippen molar-refractivity contribution in [1.82, 2.24) is 0 Å². The van der Waals surface area contributed by atoms with Crippen LogP contribution in [-0.4, -0.2) is 14.7 Å². The summed E-state index contributed by atoms with van der Waals surface area (Å²) in [5.41, 5.74) is 5.37. The van der Waals surface area contributed by atoms with Gasteiger partial charge in [0, 0.05) is 10.7 Å². The first-order chi connectivity index (χ1) is 11.8. The zero-order valence-corrected chi connectivity index (χ0v) is 17.0. The fourth-order valence-electron chi connectivity index (χ4n) is 3.70. The second-order valence-corrected chi connectivity index (χ2v) is 10.5. The van der Waals surface area contributed by atoms with Crippen LogP contribution in [0.1, 0.15) is 36.8 Å². The minimum absolute atomic E-state index is 0.365. The smallest absolute Gasteiger partial charge is 0.175 e. The molecule has 0 amide bonds. The topological polar surface area (TPSA) is 34.1 Å². The first-order valence-corrected chi connectivity index (χ1v) is 11.3. The van der Waals surface area contributed by atoms with Crippen molar-refractivity contribution in [3.05, 3.63) is 63.1 Å². The molecule has 1 saturated carbocycles. The number of hydrogen-bond donors (Lipinski definition) is 0. The molecular formula is C20H18BrClO2S. The SMILES string of the molecule is CS(=O)(=O)c1ccc(C2=C(c3ccc(Br)c(Cl)c3)CC3(CC3)C2)cc1. The molecule has 2 aliphatic carbocycles. The van der Waals surface area contributed by atoms with Crippen molar-refractivity contribution in [2.45, 2.75) is 30.6 Å². The predicted octanol–water partition coefficient (Wildman–Crippen LogP) is 5.99. The maximum absolute atomic E-state index is 11.7. The van der Waals surface area contributed by atoms with Gasteiger partial charge in [-0.2, -0.15) is 0 Å². The quantitative estimate of drug-likeness (QED) is 0.591. The van der Waals surface area contributed by atoms with Crippen LogP contribution in [0.25, 0.3) is 11.1 Å². The van der Waals surface area contributed by atoms with E-state index >= 15 is 0 Å². The van der Waals surface area contributed by atoms with Crippen molar-refractivity contribution < 1.29 is 8.42 Å². The van der Waals surface area contributed by atoms with Gasteiger partial charge in [0.15, 0.2) is 9.84 Å². The van der Waals surface area contributed by atoms with E-state index in [-0.39, 0.29) is 0 Å². The molecule has 0 bridgehead atoms. The van der Waals surface area contributed by atoms with Crippen molar-refractivity contribution in [3.63, 3.8) is 0 Å². The van der Waals surface area contributed by atoms with Crippen LogP contribution >= 0.6 is 27.5 Å². The van der Waals surface area contributed by atoms with Gasteiger partial charge in [0.2, 0.25) is 0 Å². The molecule has 0 N–H and O–H groups in total. The van der Waals surface area contributed by atoms with Gasteiger partial charge in [-0.3, -0.25) is 0 Å². The van der Waals surface area contributed by atoms with Crippen LogP contribution < -0.4 is 0 Å². The van der Waals surface area contributed by atoms with Crippen molar-refractivity contribution in [1.29, 1.82) is 0 Å². The van der Waals surface area contributed by atoms with Crippen LogP contribution in [0.2, 0.25) is 5.02 Å². The Morgan fingerprint density at radius 2 is 1.52 bits per heavy atom. The van der Waals surface area contributed by atoms with E-state index in [4.69, 9.17) is 11.6 Å². The Kier molecular flexibility index (Phi) is 4.13. The van der Waals surface area contributed by atoms with Gasteiger partial charge in [0.05, 0.1) is 9.92 Å². The minimum atomic E-state index is -3.17. The lowest BCUT2D eigenvalue weighted by molar-refractivity contribution is 0.568. The van der Waals surface area contributed by atoms with Crippen LogP contribution in [0.5, 0.6) is 0 Å². The Balaban J connectivity index is 1.79. The summed E-state index contributed by atoms with van der Waals surface area (Å²) in [6, 6.07) is 13.4. The molecule has 0 saturated heterocycles. The van der Waals surface area contributed by atoms with Crippen LogP contribution in [0, 0.1) is 5.41 Å². The fraction of sp³-hybridized carbons (Fsp3) is 0.300. The van der Waals surface area contributed by atoms with E-state index in [1.807, 2.05) is 24.3 Å². The van der Waals surface area contributed by atoms with Crippen molar-refractivity contribution in [3.8, 4) is 0 Å². The van der Waals surface area contributed by atoms with E-state index < -0.39 is 9.84 Å². The van der Waals surface area contributed by atoms with E-state index in [0.717, 1.165) is 22.9 Å². The minimum Gasteiger partial charge on any atom is -0.224 e. The summed E-state index contributed by atoms with van der Waals surface area (Å²) >= 11 is 9.76. The van der Waals surface area contributed by atoms with Crippen LogP contribution in [-0.2, 0) is 9.84 Å². The Hall–Kier alpha value is -1.10. The summed E-state index contributed by atoms with van der Waals surface area (Å²) in [5.74, 6) is 0. The Labute approximate surface area is 162 Å². The van der Waals surface area contributed by atoms with Crippen LogP contribution in [0.4, 0.5) is 0 Å². The van der Waals surface area contributed by atoms with E-state index in [1.165, 1.54) is 35.8 Å². The molecule has 1 fully saturated rings. The summed E-state index contributed by atoms with van der Waals surface area (Å²) in [7, 11) is -3.17. The lowest BCUT2D eigenvalue weighted by Gasteiger charge is -2.10. The van der Waals surface area contributed by atoms with Crippen LogP contribution in [0.3, 0.4) is 0 Å². The molecule has 2 aliphatic rings. The van der Waals surface area contributed by atoms with Gasteiger partial charge < -0.3 is 0 Å². The van der Waals surface area contributed by atoms with Gasteiger partial charge in [0.1, 0.15) is 0 Å². The van der Waals surface area contributed by atoms with Gasteiger partial charge in [-0.25, -0.2) is 8.42 Å². The highest BCUT2D eigenvalue weighted by atomic mass is 79.9. The Bertz CT molecular complexity index is 987. The highest BCUT2D eigenvalue weighted by Crippen LogP contribution is 2.63. The maximum Gasteiger partial charge on any atom is 0.175 e. The maximum atomic E-state index is 11.7. The number of sulfone groups is 1. The molecule has 5 heteroatoms. The number of halogens is 2. The predicted molar refractivity (Wildman–Crippen MR) is 106 cm³/mol. The molecule has 2 aromatic carbocycles. The van der Waals surface area contributed by atoms with E-state index in [1.54, 1.807) is 12.1 Å². The lowest BCUT2D eigenvalue weighted by atomic mass is 9.97. The standard InChI is InChI=1S/C20H18BrClO2S/c1-25(23,24)15-5-2-13(3-6-15)16-11-20(8-9-20)12-17(16)14-4-7-18(21)19(22)10-14/h2-7,10H,8-9,11-12H2,1H3. The number of allylic oxidation sites excluding steroid dienone is 2. The third-order valence-corrected chi connectivity index (χ3v) is 7.68. The monoisotopic (exact) mass is 436 g/mol. The first-order valence-electron chi connectivity index (χ1n) is 8.25. The molecule has 0 aliphatic heterocycles. The molecule has 2 aromatic rings. The Morgan fingerprint density at radius 3 is 2.04 bits per heavy atom. The van der Waals surface area contributed by atoms with Gasteiger partial charge in [-0.05, 0) is 93.6 Å². The fourth-order valence-corrected chi connectivity index (χ4v) is 4.75. The average Bonchev–Trinajstić information content (AvgIpc) is 3.20. The molecular weight excluding hydrogens is 420 g/mol. The third kappa shape index (κ3) is 3.32. The molecule has 2 nitrogen and oxygen atoms in total. The first kappa shape index (κ1) is 17.3. The molecule has 4 rings (SSSR count). The molecule has 0 heterocycles. The number of rotatable bonds is 3. The zero-order chi connectivity index (χ0) is 17.8. The van der Waals surface area contributed by atoms with E-state index in [2.05, 4.69) is 22.0 Å². The third-order valence-electron chi connectivity index (χ3n) is 5.32. The molecule has 0 radical (unpaired) electrons. The second-order valence-electron chi connectivity index (χ2n) is 7.24. The summed E-state index contributed by atoms with van der Waals surface area (Å²) < 4.78 is 24.3. The zero-order valence-electron chi connectivity index (χ0n) is 13.9. The summed E-state index contributed by atoms with van der Waals surface area (Å²) in [5, 5.41) is 0.716. The number of benzene rings is 2. The van der Waals surface area contributed by atoms with Crippen LogP contribution in [0.15, 0.2) is 51.8 Å². The van der Waals surface area contributed by atoms with Gasteiger partial charge >= 0.3 is 0 Å². The van der Waals surface area contributed by atoms with Crippen molar-refractivity contribution in [2.75, 3.05) is 6.26 Å². The lowest BCUT2D eigenvalue weighted by Crippen LogP contribution is -1.97. The summed E-state index contributed by atoms with van der Waals surface area (Å²) in [6.07, 6.45) is 5.92. The summed E-state index contributed by atoms with van der Waals surface area (Å²) in [4.78, 5) is 0.365. The number of hydrogen-bond acceptors (Lipinski definition) is 2. The highest BCUT2D eigenvalue weighted by Gasteiger charge is 2.48. The van der Waals surface area contributed by atoms with Crippen molar-refractivity contribution >= 4 is 48.5 Å². The van der Waals surface area contributed by atoms with Gasteiger partial charge in [0.25, 0.3) is 0 Å².